The molecule has 0 aromatic heterocycles. The number of azo groups is 1. The summed E-state index contributed by atoms with van der Waals surface area (Å²) in [7, 11) is 0. The molecule has 2 unspecified atom stereocenters. The number of hydrogen-bond acceptors (Lipinski definition) is 6. The zero-order chi connectivity index (χ0) is 27.2. The normalized spacial score (nSPS) is 13.1. The molecule has 0 saturated carbocycles. The van der Waals surface area contributed by atoms with Gasteiger partial charge in [-0.15, -0.1) is 0 Å². The van der Waals surface area contributed by atoms with Crippen LogP contribution in [0, 0.1) is 32.1 Å². The second kappa shape index (κ2) is 15.8. The fourth-order valence-corrected chi connectivity index (χ4v) is 4.91. The van der Waals surface area contributed by atoms with Crippen molar-refractivity contribution in [1.82, 2.24) is 0 Å². The number of nitro groups is 2. The summed E-state index contributed by atoms with van der Waals surface area (Å²) in [6, 6.07) is 10.0. The lowest BCUT2D eigenvalue weighted by atomic mass is 9.92. The molecule has 0 fully saturated rings. The van der Waals surface area contributed by atoms with E-state index in [1.54, 1.807) is 12.1 Å². The number of rotatable bonds is 17. The Morgan fingerprint density at radius 3 is 1.65 bits per heavy atom. The molecule has 8 nitrogen and oxygen atoms in total. The molecule has 2 aromatic carbocycles. The number of benzene rings is 2. The molecule has 2 atom stereocenters. The highest BCUT2D eigenvalue weighted by Gasteiger charge is 2.14. The van der Waals surface area contributed by atoms with Crippen LogP contribution < -0.4 is 0 Å². The van der Waals surface area contributed by atoms with Crippen molar-refractivity contribution in [2.75, 3.05) is 0 Å². The predicted octanol–water partition coefficient (Wildman–Crippen LogP) is 9.30. The molecule has 0 bridgehead atoms. The first kappa shape index (κ1) is 30.1. The van der Waals surface area contributed by atoms with Crippen LogP contribution in [0.25, 0.3) is 0 Å². The van der Waals surface area contributed by atoms with Crippen molar-refractivity contribution < 1.29 is 9.85 Å². The Kier molecular flexibility index (Phi) is 12.9. The van der Waals surface area contributed by atoms with E-state index >= 15 is 0 Å². The van der Waals surface area contributed by atoms with Crippen molar-refractivity contribution in [2.24, 2.45) is 22.1 Å². The fraction of sp³-hybridized carbons (Fsp3) is 0.586. The van der Waals surface area contributed by atoms with E-state index in [-0.39, 0.29) is 22.8 Å². The molecule has 0 aliphatic rings. The summed E-state index contributed by atoms with van der Waals surface area (Å²) in [4.78, 5) is 22.2. The van der Waals surface area contributed by atoms with Gasteiger partial charge in [-0.3, -0.25) is 20.2 Å². The van der Waals surface area contributed by atoms with Crippen LogP contribution in [0.1, 0.15) is 95.8 Å². The number of nitrogens with zero attached hydrogens (tertiary/aromatic N) is 4. The van der Waals surface area contributed by atoms with Gasteiger partial charge in [0.1, 0.15) is 0 Å². The number of non-ortho nitro benzene ring substituents is 2. The Morgan fingerprint density at radius 1 is 0.676 bits per heavy atom. The maximum absolute atomic E-state index is 11.5. The van der Waals surface area contributed by atoms with Gasteiger partial charge in [0.2, 0.25) is 0 Å². The van der Waals surface area contributed by atoms with Crippen molar-refractivity contribution in [3.8, 4) is 0 Å². The van der Waals surface area contributed by atoms with Gasteiger partial charge in [-0.05, 0) is 60.3 Å². The first-order valence-corrected chi connectivity index (χ1v) is 13.7. The van der Waals surface area contributed by atoms with Crippen molar-refractivity contribution in [2.45, 2.75) is 98.4 Å². The number of hydrogen-bond donors (Lipinski definition) is 0. The van der Waals surface area contributed by atoms with Gasteiger partial charge in [0.25, 0.3) is 11.4 Å². The Labute approximate surface area is 220 Å². The highest BCUT2D eigenvalue weighted by atomic mass is 16.6. The number of nitro benzene ring substituents is 2. The monoisotopic (exact) mass is 510 g/mol. The molecular weight excluding hydrogens is 468 g/mol. The predicted molar refractivity (Wildman–Crippen MR) is 148 cm³/mol. The third-order valence-electron chi connectivity index (χ3n) is 7.09. The van der Waals surface area contributed by atoms with Crippen LogP contribution >= 0.6 is 0 Å². The zero-order valence-corrected chi connectivity index (χ0v) is 22.8. The van der Waals surface area contributed by atoms with E-state index in [9.17, 15) is 20.2 Å². The lowest BCUT2D eigenvalue weighted by Crippen LogP contribution is -2.02. The van der Waals surface area contributed by atoms with Crippen LogP contribution in [0.3, 0.4) is 0 Å². The molecular formula is C29H42N4O4. The Balaban J connectivity index is 2.18. The van der Waals surface area contributed by atoms with E-state index in [0.717, 1.165) is 75.3 Å². The van der Waals surface area contributed by atoms with Gasteiger partial charge >= 0.3 is 0 Å². The van der Waals surface area contributed by atoms with Gasteiger partial charge < -0.3 is 0 Å². The van der Waals surface area contributed by atoms with E-state index < -0.39 is 4.92 Å². The summed E-state index contributed by atoms with van der Waals surface area (Å²) in [5.41, 5.74) is 3.03. The second-order valence-corrected chi connectivity index (χ2v) is 9.98. The molecule has 2 aromatic rings. The molecule has 37 heavy (non-hydrogen) atoms. The van der Waals surface area contributed by atoms with Crippen LogP contribution in [0.15, 0.2) is 46.6 Å². The smallest absolute Gasteiger partial charge is 0.258 e. The van der Waals surface area contributed by atoms with Gasteiger partial charge in [-0.25, -0.2) is 0 Å². The van der Waals surface area contributed by atoms with Crippen LogP contribution in [0.2, 0.25) is 0 Å². The summed E-state index contributed by atoms with van der Waals surface area (Å²) in [5, 5.41) is 31.5. The molecule has 0 saturated heterocycles. The molecule has 0 aliphatic carbocycles. The van der Waals surface area contributed by atoms with E-state index in [0.29, 0.717) is 23.1 Å². The van der Waals surface area contributed by atoms with Gasteiger partial charge in [-0.2, -0.15) is 10.2 Å². The third kappa shape index (κ3) is 10.4. The van der Waals surface area contributed by atoms with E-state index in [1.807, 2.05) is 12.1 Å². The summed E-state index contributed by atoms with van der Waals surface area (Å²) in [6.45, 7) is 8.89. The maximum Gasteiger partial charge on any atom is 0.271 e. The quantitative estimate of drug-likeness (QED) is 0.120. The summed E-state index contributed by atoms with van der Waals surface area (Å²) in [6.07, 6.45) is 10.3. The SMILES string of the molecule is CCCC(CC)CCc1cc(CN=Nc2cc(CCC(CC)CCC)cc([N+](=O)[O-])c2)cc([N+](=O)[O-])c1. The van der Waals surface area contributed by atoms with Crippen LogP contribution in [0.4, 0.5) is 17.1 Å². The lowest BCUT2D eigenvalue weighted by molar-refractivity contribution is -0.385. The van der Waals surface area contributed by atoms with Gasteiger partial charge in [0.05, 0.1) is 22.1 Å². The molecule has 0 radical (unpaired) electrons. The topological polar surface area (TPSA) is 111 Å². The highest BCUT2D eigenvalue weighted by Crippen LogP contribution is 2.27. The van der Waals surface area contributed by atoms with Crippen LogP contribution in [-0.2, 0) is 19.4 Å². The lowest BCUT2D eigenvalue weighted by Gasteiger charge is -2.13. The van der Waals surface area contributed by atoms with Crippen LogP contribution in [0.5, 0.6) is 0 Å². The zero-order valence-electron chi connectivity index (χ0n) is 22.8. The van der Waals surface area contributed by atoms with E-state index in [1.165, 1.54) is 12.1 Å². The summed E-state index contributed by atoms with van der Waals surface area (Å²) in [5.74, 6) is 1.22. The van der Waals surface area contributed by atoms with Gasteiger partial charge in [-0.1, -0.05) is 72.3 Å². The standard InChI is InChI=1S/C29H42N4O4/c1-5-9-22(7-3)11-13-24-15-26(19-28(17-24)32(34)35)21-30-31-27-16-25(18-29(20-27)33(36)37)14-12-23(8-4)10-6-2/h15-20,22-23H,5-14,21H2,1-4H3. The third-order valence-corrected chi connectivity index (χ3v) is 7.09. The minimum absolute atomic E-state index is 0.00480. The molecule has 0 spiro atoms. The largest absolute Gasteiger partial charge is 0.271 e. The second-order valence-electron chi connectivity index (χ2n) is 9.98. The summed E-state index contributed by atoms with van der Waals surface area (Å²) < 4.78 is 0. The molecule has 2 rings (SSSR count). The molecule has 0 amide bonds. The maximum atomic E-state index is 11.5. The first-order valence-electron chi connectivity index (χ1n) is 13.7. The molecule has 0 heterocycles. The minimum Gasteiger partial charge on any atom is -0.258 e. The van der Waals surface area contributed by atoms with Crippen molar-refractivity contribution in [1.29, 1.82) is 0 Å². The Morgan fingerprint density at radius 2 is 1.16 bits per heavy atom. The molecule has 202 valence electrons. The van der Waals surface area contributed by atoms with Gasteiger partial charge in [0, 0.05) is 24.3 Å². The Hall–Kier alpha value is -3.16. The molecule has 8 heteroatoms. The minimum atomic E-state index is -0.402. The summed E-state index contributed by atoms with van der Waals surface area (Å²) >= 11 is 0. The fourth-order valence-electron chi connectivity index (χ4n) is 4.91. The Bertz CT molecular complexity index is 1050. The van der Waals surface area contributed by atoms with Crippen molar-refractivity contribution in [3.05, 3.63) is 73.3 Å². The van der Waals surface area contributed by atoms with E-state index in [4.69, 9.17) is 0 Å². The average Bonchev–Trinajstić information content (AvgIpc) is 2.88. The van der Waals surface area contributed by atoms with Crippen molar-refractivity contribution in [3.63, 3.8) is 0 Å². The molecule has 0 N–H and O–H groups in total. The van der Waals surface area contributed by atoms with E-state index in [2.05, 4.69) is 37.9 Å². The first-order chi connectivity index (χ1) is 17.8. The highest BCUT2D eigenvalue weighted by molar-refractivity contribution is 5.50. The average molecular weight is 511 g/mol. The van der Waals surface area contributed by atoms with Crippen LogP contribution in [-0.4, -0.2) is 9.85 Å². The number of aryl methyl sites for hydroxylation is 2. The van der Waals surface area contributed by atoms with Crippen molar-refractivity contribution >= 4 is 17.1 Å². The molecule has 0 aliphatic heterocycles. The van der Waals surface area contributed by atoms with Gasteiger partial charge in [0.15, 0.2) is 0 Å².